The molecule has 0 aromatic carbocycles. The first-order chi connectivity index (χ1) is 9.37. The van der Waals surface area contributed by atoms with Crippen LogP contribution in [0.25, 0.3) is 0 Å². The van der Waals surface area contributed by atoms with Crippen molar-refractivity contribution in [1.29, 1.82) is 0 Å². The van der Waals surface area contributed by atoms with Gasteiger partial charge in [-0.1, -0.05) is 13.8 Å². The Kier molecular flexibility index (Phi) is 7.55. The molecule has 2 nitrogen and oxygen atoms in total. The zero-order valence-electron chi connectivity index (χ0n) is 11.9. The van der Waals surface area contributed by atoms with Crippen LogP contribution in [-0.2, 0) is 17.9 Å². The van der Waals surface area contributed by atoms with E-state index in [0.29, 0.717) is 12.5 Å². The van der Waals surface area contributed by atoms with Crippen LogP contribution in [0.15, 0.2) is 12.1 Å². The molecule has 0 aliphatic carbocycles. The van der Waals surface area contributed by atoms with Gasteiger partial charge in [-0.15, -0.1) is 11.3 Å². The molecule has 1 rings (SSSR count). The van der Waals surface area contributed by atoms with E-state index in [0.717, 1.165) is 18.0 Å². The maximum absolute atomic E-state index is 11.9. The first kappa shape index (κ1) is 17.5. The van der Waals surface area contributed by atoms with Crippen molar-refractivity contribution < 1.29 is 17.9 Å². The highest BCUT2D eigenvalue weighted by Gasteiger charge is 2.25. The van der Waals surface area contributed by atoms with Gasteiger partial charge in [0, 0.05) is 29.3 Å². The second kappa shape index (κ2) is 8.64. The Bertz CT molecular complexity index is 377. The summed E-state index contributed by atoms with van der Waals surface area (Å²) >= 11 is 1.64. The number of hydrogen-bond acceptors (Lipinski definition) is 3. The van der Waals surface area contributed by atoms with Crippen LogP contribution < -0.4 is 5.32 Å². The minimum atomic E-state index is -4.08. The Balaban J connectivity index is 2.14. The molecule has 116 valence electrons. The average molecular weight is 309 g/mol. The van der Waals surface area contributed by atoms with Crippen molar-refractivity contribution in [2.24, 2.45) is 5.92 Å². The Morgan fingerprint density at radius 3 is 2.60 bits per heavy atom. The molecule has 1 aromatic rings. The summed E-state index contributed by atoms with van der Waals surface area (Å²) in [6, 6.07) is 4.01. The lowest BCUT2D eigenvalue weighted by Crippen LogP contribution is -2.18. The summed E-state index contributed by atoms with van der Waals surface area (Å²) in [6.07, 6.45) is -4.83. The van der Waals surface area contributed by atoms with E-state index < -0.39 is 12.6 Å². The van der Waals surface area contributed by atoms with Crippen LogP contribution in [0.3, 0.4) is 0 Å². The van der Waals surface area contributed by atoms with Crippen LogP contribution >= 0.6 is 11.3 Å². The van der Waals surface area contributed by atoms with Crippen molar-refractivity contribution in [1.82, 2.24) is 5.32 Å². The topological polar surface area (TPSA) is 21.3 Å². The minimum absolute atomic E-state index is 0.0255. The van der Waals surface area contributed by atoms with E-state index >= 15 is 0 Å². The normalized spacial score (nSPS) is 12.3. The van der Waals surface area contributed by atoms with Crippen LogP contribution in [0.4, 0.5) is 13.2 Å². The fourth-order valence-corrected chi connectivity index (χ4v) is 2.55. The Morgan fingerprint density at radius 1 is 1.25 bits per heavy atom. The van der Waals surface area contributed by atoms with Crippen LogP contribution in [0.1, 0.15) is 36.4 Å². The molecule has 0 atom stereocenters. The number of halogens is 3. The van der Waals surface area contributed by atoms with Crippen LogP contribution in [-0.4, -0.2) is 19.3 Å². The second-order valence-corrected chi connectivity index (χ2v) is 6.42. The molecule has 0 radical (unpaired) electrons. The fraction of sp³-hybridized carbons (Fsp3) is 0.714. The molecule has 0 aliphatic heterocycles. The standard InChI is InChI=1S/C14H22F3NOS/c1-11(2)8-18-9-12-4-5-13(20-12)10-19-7-3-6-14(15,16)17/h4-5,11,18H,3,6-10H2,1-2H3. The second-order valence-electron chi connectivity index (χ2n) is 5.16. The maximum Gasteiger partial charge on any atom is 0.389 e. The maximum atomic E-state index is 11.9. The average Bonchev–Trinajstić information content (AvgIpc) is 2.74. The summed E-state index contributed by atoms with van der Waals surface area (Å²) < 4.78 is 41.0. The molecular formula is C14H22F3NOS. The highest BCUT2D eigenvalue weighted by molar-refractivity contribution is 7.11. The lowest BCUT2D eigenvalue weighted by atomic mass is 10.2. The van der Waals surface area contributed by atoms with Gasteiger partial charge in [0.2, 0.25) is 0 Å². The fourth-order valence-electron chi connectivity index (χ4n) is 1.63. The molecule has 0 saturated heterocycles. The van der Waals surface area contributed by atoms with Crippen molar-refractivity contribution in [3.63, 3.8) is 0 Å². The first-order valence-electron chi connectivity index (χ1n) is 6.79. The number of hydrogen-bond donors (Lipinski definition) is 1. The largest absolute Gasteiger partial charge is 0.389 e. The van der Waals surface area contributed by atoms with Gasteiger partial charge < -0.3 is 10.1 Å². The van der Waals surface area contributed by atoms with Gasteiger partial charge >= 0.3 is 6.18 Å². The molecule has 0 spiro atoms. The lowest BCUT2D eigenvalue weighted by Gasteiger charge is -2.06. The monoisotopic (exact) mass is 309 g/mol. The molecule has 0 saturated carbocycles. The minimum Gasteiger partial charge on any atom is -0.376 e. The third-order valence-corrected chi connectivity index (χ3v) is 3.62. The van der Waals surface area contributed by atoms with Gasteiger partial charge in [0.15, 0.2) is 0 Å². The molecule has 6 heteroatoms. The van der Waals surface area contributed by atoms with E-state index in [9.17, 15) is 13.2 Å². The van der Waals surface area contributed by atoms with Crippen LogP contribution in [0, 0.1) is 5.92 Å². The summed E-state index contributed by atoms with van der Waals surface area (Å²) in [5, 5.41) is 3.35. The van der Waals surface area contributed by atoms with Gasteiger partial charge in [0.05, 0.1) is 6.61 Å². The molecular weight excluding hydrogens is 287 g/mol. The molecule has 1 aromatic heterocycles. The van der Waals surface area contributed by atoms with Crippen molar-refractivity contribution in [3.05, 3.63) is 21.9 Å². The van der Waals surface area contributed by atoms with Crippen LogP contribution in [0.2, 0.25) is 0 Å². The van der Waals surface area contributed by atoms with Gasteiger partial charge in [0.25, 0.3) is 0 Å². The third kappa shape index (κ3) is 8.55. The Labute approximate surface area is 122 Å². The van der Waals surface area contributed by atoms with E-state index in [1.54, 1.807) is 11.3 Å². The van der Waals surface area contributed by atoms with Crippen molar-refractivity contribution in [2.75, 3.05) is 13.2 Å². The van der Waals surface area contributed by atoms with E-state index in [-0.39, 0.29) is 13.0 Å². The summed E-state index contributed by atoms with van der Waals surface area (Å²) in [7, 11) is 0. The Hall–Kier alpha value is -0.590. The number of ether oxygens (including phenoxy) is 1. The lowest BCUT2D eigenvalue weighted by molar-refractivity contribution is -0.138. The van der Waals surface area contributed by atoms with E-state index in [1.807, 2.05) is 12.1 Å². The first-order valence-corrected chi connectivity index (χ1v) is 7.61. The predicted octanol–water partition coefficient (Wildman–Crippen LogP) is 4.35. The highest BCUT2D eigenvalue weighted by atomic mass is 32.1. The number of thiophene rings is 1. The zero-order chi connectivity index (χ0) is 15.0. The number of alkyl halides is 3. The van der Waals surface area contributed by atoms with Crippen molar-refractivity contribution in [3.8, 4) is 0 Å². The van der Waals surface area contributed by atoms with Crippen molar-refractivity contribution >= 4 is 11.3 Å². The molecule has 0 bridgehead atoms. The van der Waals surface area contributed by atoms with Gasteiger partial charge in [0.1, 0.15) is 0 Å². The van der Waals surface area contributed by atoms with Gasteiger partial charge in [-0.2, -0.15) is 13.2 Å². The summed E-state index contributed by atoms with van der Waals surface area (Å²) in [5.41, 5.74) is 0. The highest BCUT2D eigenvalue weighted by Crippen LogP contribution is 2.21. The summed E-state index contributed by atoms with van der Waals surface area (Å²) in [6.45, 7) is 6.66. The zero-order valence-corrected chi connectivity index (χ0v) is 12.7. The molecule has 0 unspecified atom stereocenters. The van der Waals surface area contributed by atoms with E-state index in [2.05, 4.69) is 19.2 Å². The summed E-state index contributed by atoms with van der Waals surface area (Å²) in [4.78, 5) is 2.28. The quantitative estimate of drug-likeness (QED) is 0.685. The predicted molar refractivity (Wildman–Crippen MR) is 75.8 cm³/mol. The molecule has 0 fully saturated rings. The van der Waals surface area contributed by atoms with Gasteiger partial charge in [-0.25, -0.2) is 0 Å². The smallest absolute Gasteiger partial charge is 0.376 e. The number of rotatable bonds is 9. The molecule has 0 aliphatic rings. The molecule has 20 heavy (non-hydrogen) atoms. The summed E-state index contributed by atoms with van der Waals surface area (Å²) in [5.74, 6) is 0.617. The van der Waals surface area contributed by atoms with Gasteiger partial charge in [-0.3, -0.25) is 0 Å². The third-order valence-electron chi connectivity index (χ3n) is 2.56. The Morgan fingerprint density at radius 2 is 1.95 bits per heavy atom. The molecule has 1 heterocycles. The van der Waals surface area contributed by atoms with Gasteiger partial charge in [-0.05, 0) is 31.0 Å². The van der Waals surface area contributed by atoms with Crippen LogP contribution in [0.5, 0.6) is 0 Å². The van der Waals surface area contributed by atoms with Crippen molar-refractivity contribution in [2.45, 2.75) is 46.0 Å². The molecule has 0 amide bonds. The van der Waals surface area contributed by atoms with E-state index in [4.69, 9.17) is 4.74 Å². The van der Waals surface area contributed by atoms with E-state index in [1.165, 1.54) is 4.88 Å². The SMILES string of the molecule is CC(C)CNCc1ccc(COCCCC(F)(F)F)s1. The number of nitrogens with one attached hydrogen (secondary N) is 1. The molecule has 1 N–H and O–H groups in total.